The molecule has 1 aromatic carbocycles. The Morgan fingerprint density at radius 1 is 1.38 bits per heavy atom. The van der Waals surface area contributed by atoms with Crippen LogP contribution in [0.2, 0.25) is 0 Å². The Hall–Kier alpha value is -2.58. The second-order valence-corrected chi connectivity index (χ2v) is 6.61. The maximum Gasteiger partial charge on any atom is 0.266 e. The third-order valence-corrected chi connectivity index (χ3v) is 5.12. The molecule has 0 aliphatic carbocycles. The first-order chi connectivity index (χ1) is 12.5. The van der Waals surface area contributed by atoms with E-state index in [1.54, 1.807) is 19.1 Å². The summed E-state index contributed by atoms with van der Waals surface area (Å²) in [6.07, 6.45) is 1.46. The molecular formula is C18H18FN3O3S. The van der Waals surface area contributed by atoms with Crippen LogP contribution in [0.5, 0.6) is 0 Å². The van der Waals surface area contributed by atoms with E-state index in [0.29, 0.717) is 40.4 Å². The number of nitrogens with one attached hydrogen (secondary N) is 1. The number of anilines is 1. The number of ether oxygens (including phenoxy) is 1. The van der Waals surface area contributed by atoms with E-state index >= 15 is 0 Å². The zero-order chi connectivity index (χ0) is 18.7. The van der Waals surface area contributed by atoms with Crippen LogP contribution in [0.15, 0.2) is 35.4 Å². The lowest BCUT2D eigenvalue weighted by Gasteiger charge is -2.06. The van der Waals surface area contributed by atoms with E-state index in [1.807, 2.05) is 6.92 Å². The Morgan fingerprint density at radius 3 is 2.88 bits per heavy atom. The van der Waals surface area contributed by atoms with Crippen molar-refractivity contribution in [2.45, 2.75) is 20.4 Å². The number of carbonyl (C=O) groups is 1. The molecule has 0 radical (unpaired) electrons. The lowest BCUT2D eigenvalue weighted by atomic mass is 10.2. The van der Waals surface area contributed by atoms with Crippen molar-refractivity contribution in [3.05, 3.63) is 57.2 Å². The number of para-hydroxylation sites is 1. The van der Waals surface area contributed by atoms with E-state index in [4.69, 9.17) is 4.74 Å². The Balaban J connectivity index is 1.94. The van der Waals surface area contributed by atoms with Crippen LogP contribution in [0, 0.1) is 12.7 Å². The van der Waals surface area contributed by atoms with E-state index in [-0.39, 0.29) is 11.2 Å². The van der Waals surface area contributed by atoms with Crippen molar-refractivity contribution in [3.63, 3.8) is 0 Å². The monoisotopic (exact) mass is 375 g/mol. The number of halogens is 1. The number of carbonyl (C=O) groups excluding carboxylic acids is 1. The van der Waals surface area contributed by atoms with Crippen molar-refractivity contribution < 1.29 is 13.9 Å². The minimum Gasteiger partial charge on any atom is -0.380 e. The summed E-state index contributed by atoms with van der Waals surface area (Å²) in [7, 11) is 0. The highest BCUT2D eigenvalue weighted by Crippen LogP contribution is 2.28. The molecule has 0 spiro atoms. The molecule has 6 nitrogen and oxygen atoms in total. The number of amides is 1. The second kappa shape index (κ2) is 7.76. The largest absolute Gasteiger partial charge is 0.380 e. The number of hydrogen-bond acceptors (Lipinski definition) is 5. The smallest absolute Gasteiger partial charge is 0.266 e. The summed E-state index contributed by atoms with van der Waals surface area (Å²) in [4.78, 5) is 30.3. The van der Waals surface area contributed by atoms with E-state index in [2.05, 4.69) is 10.3 Å². The molecule has 0 aliphatic heterocycles. The van der Waals surface area contributed by atoms with Gasteiger partial charge in [-0.25, -0.2) is 9.37 Å². The first kappa shape index (κ1) is 18.2. The topological polar surface area (TPSA) is 73.2 Å². The molecule has 1 N–H and O–H groups in total. The number of thiophene rings is 1. The van der Waals surface area contributed by atoms with Gasteiger partial charge in [0.25, 0.3) is 11.5 Å². The van der Waals surface area contributed by atoms with E-state index in [1.165, 1.54) is 23.0 Å². The molecule has 0 fully saturated rings. The van der Waals surface area contributed by atoms with Crippen molar-refractivity contribution in [2.24, 2.45) is 0 Å². The number of benzene rings is 1. The van der Waals surface area contributed by atoms with Crippen molar-refractivity contribution in [3.8, 4) is 0 Å². The Bertz CT molecular complexity index is 1010. The third-order valence-electron chi connectivity index (χ3n) is 3.93. The fourth-order valence-corrected chi connectivity index (χ4v) is 3.62. The number of fused-ring (bicyclic) bond motifs is 1. The molecule has 0 saturated heterocycles. The molecule has 3 rings (SSSR count). The number of nitrogens with zero attached hydrogens (tertiary/aromatic N) is 2. The molecule has 26 heavy (non-hydrogen) atoms. The maximum atomic E-state index is 13.7. The zero-order valence-corrected chi connectivity index (χ0v) is 15.2. The summed E-state index contributed by atoms with van der Waals surface area (Å²) in [5.41, 5.74) is 0.423. The van der Waals surface area contributed by atoms with Gasteiger partial charge < -0.3 is 10.1 Å². The van der Waals surface area contributed by atoms with E-state index in [0.717, 1.165) is 11.3 Å². The molecule has 2 aromatic heterocycles. The molecule has 0 aliphatic rings. The summed E-state index contributed by atoms with van der Waals surface area (Å²) in [6, 6.07) is 5.93. The quantitative estimate of drug-likeness (QED) is 0.672. The van der Waals surface area contributed by atoms with Crippen molar-refractivity contribution in [1.29, 1.82) is 0 Å². The second-order valence-electron chi connectivity index (χ2n) is 5.61. The minimum absolute atomic E-state index is 0.0939. The maximum absolute atomic E-state index is 13.7. The Morgan fingerprint density at radius 2 is 2.15 bits per heavy atom. The summed E-state index contributed by atoms with van der Waals surface area (Å²) in [5, 5.41) is 2.95. The van der Waals surface area contributed by atoms with Gasteiger partial charge in [0.1, 0.15) is 10.6 Å². The van der Waals surface area contributed by atoms with Gasteiger partial charge in [-0.1, -0.05) is 12.1 Å². The standard InChI is InChI=1S/C18H18FN3O3S/c1-3-25-9-8-22-10-20-17-14(18(22)24)11(2)15(26-17)16(23)21-13-7-5-4-6-12(13)19/h4-7,10H,3,8-9H2,1-2H3,(H,21,23). The van der Waals surface area contributed by atoms with Crippen LogP contribution in [-0.2, 0) is 11.3 Å². The van der Waals surface area contributed by atoms with Crippen LogP contribution in [0.3, 0.4) is 0 Å². The number of aryl methyl sites for hydroxylation is 1. The molecule has 136 valence electrons. The minimum atomic E-state index is -0.518. The Kier molecular flexibility index (Phi) is 5.43. The van der Waals surface area contributed by atoms with Crippen LogP contribution in [-0.4, -0.2) is 28.7 Å². The fraction of sp³-hybridized carbons (Fsp3) is 0.278. The lowest BCUT2D eigenvalue weighted by molar-refractivity contribution is 0.102. The van der Waals surface area contributed by atoms with Gasteiger partial charge in [-0.2, -0.15) is 0 Å². The van der Waals surface area contributed by atoms with Crippen LogP contribution in [0.4, 0.5) is 10.1 Å². The fourth-order valence-electron chi connectivity index (χ4n) is 2.58. The van der Waals surface area contributed by atoms with Gasteiger partial charge in [-0.05, 0) is 31.5 Å². The average Bonchev–Trinajstić information content (AvgIpc) is 2.96. The molecule has 0 saturated carbocycles. The molecular weight excluding hydrogens is 357 g/mol. The van der Waals surface area contributed by atoms with Crippen LogP contribution >= 0.6 is 11.3 Å². The van der Waals surface area contributed by atoms with Gasteiger partial charge >= 0.3 is 0 Å². The van der Waals surface area contributed by atoms with Crippen LogP contribution in [0.25, 0.3) is 10.2 Å². The third kappa shape index (κ3) is 3.51. The predicted octanol–water partition coefficient (Wildman–Crippen LogP) is 3.19. The number of rotatable bonds is 6. The molecule has 2 heterocycles. The average molecular weight is 375 g/mol. The summed E-state index contributed by atoms with van der Waals surface area (Å²) < 4.78 is 20.5. The first-order valence-corrected chi connectivity index (χ1v) is 8.96. The van der Waals surface area contributed by atoms with Crippen LogP contribution < -0.4 is 10.9 Å². The first-order valence-electron chi connectivity index (χ1n) is 8.15. The number of aromatic nitrogens is 2. The normalized spacial score (nSPS) is 11.0. The molecule has 0 atom stereocenters. The highest BCUT2D eigenvalue weighted by atomic mass is 32.1. The van der Waals surface area contributed by atoms with Crippen molar-refractivity contribution >= 4 is 33.1 Å². The molecule has 8 heteroatoms. The number of hydrogen-bond donors (Lipinski definition) is 1. The van der Waals surface area contributed by atoms with Gasteiger partial charge in [0.15, 0.2) is 0 Å². The molecule has 0 unspecified atom stereocenters. The van der Waals surface area contributed by atoms with Crippen molar-refractivity contribution in [1.82, 2.24) is 9.55 Å². The summed E-state index contributed by atoms with van der Waals surface area (Å²) in [5.74, 6) is -0.980. The molecule has 0 bridgehead atoms. The van der Waals surface area contributed by atoms with Gasteiger partial charge in [0.05, 0.1) is 35.4 Å². The molecule has 1 amide bonds. The highest BCUT2D eigenvalue weighted by Gasteiger charge is 2.20. The summed E-state index contributed by atoms with van der Waals surface area (Å²) in [6.45, 7) is 4.95. The van der Waals surface area contributed by atoms with Crippen LogP contribution in [0.1, 0.15) is 22.2 Å². The highest BCUT2D eigenvalue weighted by molar-refractivity contribution is 7.20. The lowest BCUT2D eigenvalue weighted by Crippen LogP contribution is -2.23. The van der Waals surface area contributed by atoms with E-state index in [9.17, 15) is 14.0 Å². The predicted molar refractivity (Wildman–Crippen MR) is 99.5 cm³/mol. The Labute approximate surface area is 153 Å². The van der Waals surface area contributed by atoms with E-state index < -0.39 is 11.7 Å². The van der Waals surface area contributed by atoms with Gasteiger partial charge in [0, 0.05) is 6.61 Å². The van der Waals surface area contributed by atoms with Gasteiger partial charge in [-0.15, -0.1) is 11.3 Å². The van der Waals surface area contributed by atoms with Crippen molar-refractivity contribution in [2.75, 3.05) is 18.5 Å². The summed E-state index contributed by atoms with van der Waals surface area (Å²) >= 11 is 1.12. The van der Waals surface area contributed by atoms with Gasteiger partial charge in [-0.3, -0.25) is 14.2 Å². The zero-order valence-electron chi connectivity index (χ0n) is 14.4. The SMILES string of the molecule is CCOCCn1cnc2sc(C(=O)Nc3ccccc3F)c(C)c2c1=O. The molecule has 3 aromatic rings. The van der Waals surface area contributed by atoms with Gasteiger partial charge in [0.2, 0.25) is 0 Å².